The van der Waals surface area contributed by atoms with Crippen molar-refractivity contribution in [3.05, 3.63) is 35.9 Å². The quantitative estimate of drug-likeness (QED) is 0.322. The average molecular weight is 484 g/mol. The molecule has 0 spiro atoms. The lowest BCUT2D eigenvalue weighted by Crippen LogP contribution is -2.38. The summed E-state index contributed by atoms with van der Waals surface area (Å²) in [5, 5.41) is 6.74. The van der Waals surface area contributed by atoms with Crippen LogP contribution in [0.3, 0.4) is 0 Å². The van der Waals surface area contributed by atoms with Crippen molar-refractivity contribution in [2.75, 3.05) is 32.7 Å². The van der Waals surface area contributed by atoms with Crippen molar-refractivity contribution in [2.45, 2.75) is 39.0 Å². The van der Waals surface area contributed by atoms with Gasteiger partial charge in [-0.15, -0.1) is 24.0 Å². The van der Waals surface area contributed by atoms with Gasteiger partial charge in [-0.05, 0) is 31.2 Å². The van der Waals surface area contributed by atoms with Gasteiger partial charge >= 0.3 is 0 Å². The number of guanidine groups is 1. The fourth-order valence-electron chi connectivity index (χ4n) is 3.46. The molecule has 3 rings (SSSR count). The molecule has 5 nitrogen and oxygen atoms in total. The van der Waals surface area contributed by atoms with Crippen molar-refractivity contribution >= 4 is 35.8 Å². The molecule has 0 radical (unpaired) electrons. The summed E-state index contributed by atoms with van der Waals surface area (Å²) in [4.78, 5) is 19.0. The summed E-state index contributed by atoms with van der Waals surface area (Å²) in [6.45, 7) is 6.29. The minimum absolute atomic E-state index is 0. The third kappa shape index (κ3) is 7.68. The van der Waals surface area contributed by atoms with Crippen molar-refractivity contribution in [2.24, 2.45) is 16.8 Å². The lowest BCUT2D eigenvalue weighted by atomic mass is 10.1. The highest BCUT2D eigenvalue weighted by Gasteiger charge is 2.29. The zero-order valence-corrected chi connectivity index (χ0v) is 18.7. The second-order valence-electron chi connectivity index (χ2n) is 7.52. The maximum absolute atomic E-state index is 12.3. The molecule has 27 heavy (non-hydrogen) atoms. The highest BCUT2D eigenvalue weighted by atomic mass is 127. The molecule has 1 amide bonds. The summed E-state index contributed by atoms with van der Waals surface area (Å²) < 4.78 is 0. The van der Waals surface area contributed by atoms with Crippen molar-refractivity contribution < 1.29 is 4.79 Å². The second-order valence-corrected chi connectivity index (χ2v) is 7.52. The molecule has 2 fully saturated rings. The van der Waals surface area contributed by atoms with Crippen LogP contribution >= 0.6 is 24.0 Å². The summed E-state index contributed by atoms with van der Waals surface area (Å²) >= 11 is 0. The Kier molecular flexibility index (Phi) is 9.38. The number of hydrogen-bond donors (Lipinski definition) is 2. The number of hydrogen-bond acceptors (Lipinski definition) is 2. The fraction of sp³-hybridized carbons (Fsp3) is 0.619. The van der Waals surface area contributed by atoms with Crippen LogP contribution in [0.4, 0.5) is 0 Å². The molecule has 1 aliphatic heterocycles. The van der Waals surface area contributed by atoms with Crippen LogP contribution in [0.25, 0.3) is 0 Å². The van der Waals surface area contributed by atoms with E-state index >= 15 is 0 Å². The molecule has 1 aromatic carbocycles. The Morgan fingerprint density at radius 2 is 1.96 bits per heavy atom. The molecule has 0 aromatic heterocycles. The molecular formula is C21H33IN4O. The summed E-state index contributed by atoms with van der Waals surface area (Å²) in [6.07, 6.45) is 5.56. The van der Waals surface area contributed by atoms with E-state index in [9.17, 15) is 4.79 Å². The molecular weight excluding hydrogens is 451 g/mol. The van der Waals surface area contributed by atoms with Gasteiger partial charge in [-0.2, -0.15) is 0 Å². The number of amides is 1. The van der Waals surface area contributed by atoms with Gasteiger partial charge in [0.25, 0.3) is 0 Å². The Labute approximate surface area is 180 Å². The van der Waals surface area contributed by atoms with Gasteiger partial charge in [0.1, 0.15) is 0 Å². The van der Waals surface area contributed by atoms with Crippen molar-refractivity contribution in [1.82, 2.24) is 15.5 Å². The number of halogens is 1. The van der Waals surface area contributed by atoms with Gasteiger partial charge in [0.05, 0.1) is 0 Å². The predicted molar refractivity (Wildman–Crippen MR) is 122 cm³/mol. The average Bonchev–Trinajstić information content (AvgIpc) is 3.41. The number of carbonyl (C=O) groups is 1. The normalized spacial score (nSPS) is 19.7. The Bertz CT molecular complexity index is 603. The molecule has 2 N–H and O–H groups in total. The molecule has 6 heteroatoms. The van der Waals surface area contributed by atoms with Gasteiger partial charge in [0.15, 0.2) is 5.96 Å². The molecule has 1 aromatic rings. The van der Waals surface area contributed by atoms with E-state index in [1.807, 2.05) is 11.0 Å². The first-order chi connectivity index (χ1) is 12.7. The first kappa shape index (κ1) is 22.0. The van der Waals surface area contributed by atoms with Crippen molar-refractivity contribution in [1.29, 1.82) is 0 Å². The van der Waals surface area contributed by atoms with E-state index in [0.717, 1.165) is 44.5 Å². The lowest BCUT2D eigenvalue weighted by Gasteiger charge is -2.16. The molecule has 0 bridgehead atoms. The van der Waals surface area contributed by atoms with Gasteiger partial charge in [0.2, 0.25) is 5.91 Å². The maximum atomic E-state index is 12.3. The summed E-state index contributed by atoms with van der Waals surface area (Å²) in [5.41, 5.74) is 1.29. The molecule has 1 saturated heterocycles. The first-order valence-electron chi connectivity index (χ1n) is 10.1. The zero-order chi connectivity index (χ0) is 18.2. The minimum atomic E-state index is 0. The summed E-state index contributed by atoms with van der Waals surface area (Å²) in [6, 6.07) is 10.4. The van der Waals surface area contributed by atoms with E-state index in [4.69, 9.17) is 4.99 Å². The third-order valence-corrected chi connectivity index (χ3v) is 5.20. The Morgan fingerprint density at radius 3 is 2.67 bits per heavy atom. The SMILES string of the molecule is CCNC(=NCC1CC(=O)N(CCc2ccccc2)C1)NCCC1CC1.I. The Balaban J connectivity index is 0.00000261. The van der Waals surface area contributed by atoms with Crippen LogP contribution in [0.2, 0.25) is 0 Å². The van der Waals surface area contributed by atoms with Gasteiger partial charge in [0, 0.05) is 45.1 Å². The van der Waals surface area contributed by atoms with Gasteiger partial charge in [-0.25, -0.2) is 0 Å². The third-order valence-electron chi connectivity index (χ3n) is 5.20. The van der Waals surface area contributed by atoms with E-state index < -0.39 is 0 Å². The molecule has 1 unspecified atom stereocenters. The zero-order valence-electron chi connectivity index (χ0n) is 16.3. The van der Waals surface area contributed by atoms with E-state index in [2.05, 4.69) is 41.8 Å². The number of benzene rings is 1. The van der Waals surface area contributed by atoms with E-state index in [1.165, 1.54) is 24.8 Å². The molecule has 1 saturated carbocycles. The molecule has 1 atom stereocenters. The Morgan fingerprint density at radius 1 is 1.19 bits per heavy atom. The lowest BCUT2D eigenvalue weighted by molar-refractivity contribution is -0.127. The van der Waals surface area contributed by atoms with Crippen LogP contribution in [-0.4, -0.2) is 49.5 Å². The van der Waals surface area contributed by atoms with E-state index in [0.29, 0.717) is 18.9 Å². The fourth-order valence-corrected chi connectivity index (χ4v) is 3.46. The van der Waals surface area contributed by atoms with Crippen molar-refractivity contribution in [3.8, 4) is 0 Å². The van der Waals surface area contributed by atoms with Crippen LogP contribution in [-0.2, 0) is 11.2 Å². The molecule has 1 heterocycles. The van der Waals surface area contributed by atoms with Gasteiger partial charge < -0.3 is 15.5 Å². The van der Waals surface area contributed by atoms with Crippen LogP contribution in [0.1, 0.15) is 38.2 Å². The number of aliphatic imine (C=N–C) groups is 1. The number of rotatable bonds is 9. The van der Waals surface area contributed by atoms with Crippen LogP contribution in [0, 0.1) is 11.8 Å². The summed E-state index contributed by atoms with van der Waals surface area (Å²) in [5.74, 6) is 2.42. The smallest absolute Gasteiger partial charge is 0.223 e. The van der Waals surface area contributed by atoms with Gasteiger partial charge in [-0.1, -0.05) is 43.2 Å². The standard InChI is InChI=1S/C21H32N4O.HI/c1-2-22-21(23-12-10-18-8-9-18)24-15-19-14-20(26)25(16-19)13-11-17-6-4-3-5-7-17;/h3-7,18-19H,2,8-16H2,1H3,(H2,22,23,24);1H. The minimum Gasteiger partial charge on any atom is -0.357 e. The first-order valence-corrected chi connectivity index (χ1v) is 10.1. The topological polar surface area (TPSA) is 56.7 Å². The van der Waals surface area contributed by atoms with E-state index in [-0.39, 0.29) is 29.9 Å². The van der Waals surface area contributed by atoms with Gasteiger partial charge in [-0.3, -0.25) is 9.79 Å². The van der Waals surface area contributed by atoms with E-state index in [1.54, 1.807) is 0 Å². The second kappa shape index (κ2) is 11.5. The molecule has 2 aliphatic rings. The largest absolute Gasteiger partial charge is 0.357 e. The molecule has 1 aliphatic carbocycles. The monoisotopic (exact) mass is 484 g/mol. The van der Waals surface area contributed by atoms with Crippen molar-refractivity contribution in [3.63, 3.8) is 0 Å². The number of likely N-dealkylation sites (tertiary alicyclic amines) is 1. The highest BCUT2D eigenvalue weighted by Crippen LogP contribution is 2.31. The van der Waals surface area contributed by atoms with Crippen LogP contribution in [0.15, 0.2) is 35.3 Å². The number of nitrogens with one attached hydrogen (secondary N) is 2. The van der Waals surface area contributed by atoms with Crippen LogP contribution in [0.5, 0.6) is 0 Å². The maximum Gasteiger partial charge on any atom is 0.223 e. The summed E-state index contributed by atoms with van der Waals surface area (Å²) in [7, 11) is 0. The predicted octanol–water partition coefficient (Wildman–Crippen LogP) is 3.05. The number of carbonyl (C=O) groups excluding carboxylic acids is 1. The number of nitrogens with zero attached hydrogens (tertiary/aromatic N) is 2. The Hall–Kier alpha value is -1.31. The molecule has 150 valence electrons. The highest BCUT2D eigenvalue weighted by molar-refractivity contribution is 14.0. The van der Waals surface area contributed by atoms with Crippen LogP contribution < -0.4 is 10.6 Å².